The molecule has 1 aromatic carbocycles. The number of aliphatic imine (C=N–C) groups is 1. The van der Waals surface area contributed by atoms with Gasteiger partial charge in [0.1, 0.15) is 11.9 Å². The van der Waals surface area contributed by atoms with Gasteiger partial charge in [-0.15, -0.1) is 0 Å². The molecule has 1 aliphatic rings. The van der Waals surface area contributed by atoms with Crippen LogP contribution in [0.15, 0.2) is 65.0 Å². The summed E-state index contributed by atoms with van der Waals surface area (Å²) in [7, 11) is 0. The molecule has 2 amide bonds. The summed E-state index contributed by atoms with van der Waals surface area (Å²) >= 11 is 0. The fourth-order valence-electron chi connectivity index (χ4n) is 2.54. The molecule has 0 unspecified atom stereocenters. The number of carbonyl (C=O) groups excluding carboxylic acids is 2. The van der Waals surface area contributed by atoms with E-state index < -0.39 is 6.04 Å². The van der Waals surface area contributed by atoms with Crippen LogP contribution in [0.3, 0.4) is 0 Å². The van der Waals surface area contributed by atoms with Crippen LogP contribution in [0.4, 0.5) is 0 Å². The molecule has 1 aromatic heterocycles. The Morgan fingerprint density at radius 1 is 1.15 bits per heavy atom. The van der Waals surface area contributed by atoms with Crippen molar-refractivity contribution in [2.75, 3.05) is 0 Å². The Bertz CT molecular complexity index is 864. The van der Waals surface area contributed by atoms with E-state index in [1.54, 1.807) is 31.5 Å². The second-order valence-corrected chi connectivity index (χ2v) is 6.04. The van der Waals surface area contributed by atoms with Crippen molar-refractivity contribution >= 4 is 23.4 Å². The summed E-state index contributed by atoms with van der Waals surface area (Å²) in [5, 5.41) is 4.07. The summed E-state index contributed by atoms with van der Waals surface area (Å²) in [5.74, 6) is -0.125. The van der Waals surface area contributed by atoms with Crippen LogP contribution in [0.5, 0.6) is 0 Å². The van der Waals surface area contributed by atoms with Gasteiger partial charge in [0.15, 0.2) is 0 Å². The Labute approximate surface area is 156 Å². The van der Waals surface area contributed by atoms with E-state index in [4.69, 9.17) is 0 Å². The minimum atomic E-state index is -0.790. The highest BCUT2D eigenvalue weighted by molar-refractivity contribution is 6.00. The second kappa shape index (κ2) is 8.70. The van der Waals surface area contributed by atoms with Gasteiger partial charge in [0.05, 0.1) is 12.1 Å². The Morgan fingerprint density at radius 3 is 2.63 bits per heavy atom. The smallest absolute Gasteiger partial charge is 0.263 e. The minimum Gasteiger partial charge on any atom is -0.285 e. The molecule has 0 radical (unpaired) electrons. The number of pyridine rings is 1. The molecule has 3 N–H and O–H groups in total. The van der Waals surface area contributed by atoms with E-state index in [-0.39, 0.29) is 18.2 Å². The van der Waals surface area contributed by atoms with Crippen molar-refractivity contribution in [3.63, 3.8) is 0 Å². The van der Waals surface area contributed by atoms with Crippen molar-refractivity contribution in [1.29, 1.82) is 0 Å². The number of amides is 2. The Balaban J connectivity index is 1.60. The molecular formula is C19H20N6O2. The monoisotopic (exact) mass is 364 g/mol. The highest BCUT2D eigenvalue weighted by atomic mass is 16.2. The normalized spacial score (nSPS) is 16.8. The number of hydrogen-bond donors (Lipinski definition) is 3. The zero-order valence-corrected chi connectivity index (χ0v) is 14.8. The van der Waals surface area contributed by atoms with Crippen LogP contribution in [0.2, 0.25) is 0 Å². The van der Waals surface area contributed by atoms with E-state index in [1.807, 2.05) is 30.3 Å². The van der Waals surface area contributed by atoms with Crippen LogP contribution in [0, 0.1) is 0 Å². The maximum Gasteiger partial charge on any atom is 0.263 e. The van der Waals surface area contributed by atoms with Crippen molar-refractivity contribution in [2.24, 2.45) is 10.1 Å². The highest BCUT2D eigenvalue weighted by Gasteiger charge is 2.25. The summed E-state index contributed by atoms with van der Waals surface area (Å²) in [6.45, 7) is 1.78. The first kappa shape index (κ1) is 18.2. The maximum absolute atomic E-state index is 12.2. The van der Waals surface area contributed by atoms with Crippen LogP contribution >= 0.6 is 0 Å². The van der Waals surface area contributed by atoms with E-state index in [0.717, 1.165) is 11.1 Å². The van der Waals surface area contributed by atoms with E-state index in [1.165, 1.54) is 0 Å². The van der Waals surface area contributed by atoms with Crippen molar-refractivity contribution in [3.05, 3.63) is 66.0 Å². The molecule has 0 fully saturated rings. The number of carbonyl (C=O) groups is 2. The number of hydrazine groups is 1. The lowest BCUT2D eigenvalue weighted by molar-refractivity contribution is -0.128. The summed E-state index contributed by atoms with van der Waals surface area (Å²) in [4.78, 5) is 32.4. The lowest BCUT2D eigenvalue weighted by Gasteiger charge is -2.21. The number of nitrogens with one attached hydrogen (secondary N) is 3. The van der Waals surface area contributed by atoms with Gasteiger partial charge in [-0.1, -0.05) is 30.3 Å². The molecule has 1 atom stereocenters. The second-order valence-electron chi connectivity index (χ2n) is 6.04. The molecule has 0 saturated carbocycles. The highest BCUT2D eigenvalue weighted by Crippen LogP contribution is 2.07. The van der Waals surface area contributed by atoms with Crippen LogP contribution in [-0.4, -0.2) is 34.4 Å². The average molecular weight is 364 g/mol. The number of amidine groups is 1. The Kier molecular flexibility index (Phi) is 5.88. The molecule has 0 aliphatic carbocycles. The number of nitrogens with zero attached hydrogens (tertiary/aromatic N) is 3. The average Bonchev–Trinajstić information content (AvgIpc) is 2.70. The van der Waals surface area contributed by atoms with Gasteiger partial charge in [0.2, 0.25) is 5.91 Å². The van der Waals surface area contributed by atoms with Gasteiger partial charge in [-0.25, -0.2) is 5.43 Å². The van der Waals surface area contributed by atoms with Crippen LogP contribution in [0.25, 0.3) is 0 Å². The molecule has 2 heterocycles. The largest absolute Gasteiger partial charge is 0.285 e. The molecule has 8 nitrogen and oxygen atoms in total. The van der Waals surface area contributed by atoms with Crippen molar-refractivity contribution in [3.8, 4) is 0 Å². The summed E-state index contributed by atoms with van der Waals surface area (Å²) < 4.78 is 0. The maximum atomic E-state index is 12.2. The van der Waals surface area contributed by atoms with Gasteiger partial charge in [-0.3, -0.25) is 30.4 Å². The fraction of sp³-hybridized carbons (Fsp3) is 0.211. The number of benzene rings is 1. The van der Waals surface area contributed by atoms with E-state index >= 15 is 0 Å². The molecule has 2 aromatic rings. The Morgan fingerprint density at radius 2 is 1.89 bits per heavy atom. The van der Waals surface area contributed by atoms with Crippen LogP contribution in [-0.2, 0) is 16.0 Å². The molecular weight excluding hydrogens is 344 g/mol. The van der Waals surface area contributed by atoms with Crippen LogP contribution < -0.4 is 16.3 Å². The topological polar surface area (TPSA) is 108 Å². The van der Waals surface area contributed by atoms with Gasteiger partial charge in [-0.05, 0) is 24.6 Å². The zero-order valence-electron chi connectivity index (χ0n) is 14.8. The van der Waals surface area contributed by atoms with Gasteiger partial charge in [0.25, 0.3) is 5.91 Å². The SMILES string of the molecule is C/C(=N/NC(=O)C[C@@H]1N=C(Cc2ccccc2)NNC1=O)c1ccncc1. The third-order valence-electron chi connectivity index (χ3n) is 3.98. The molecule has 1 aliphatic heterocycles. The van der Waals surface area contributed by atoms with Gasteiger partial charge < -0.3 is 0 Å². The fourth-order valence-corrected chi connectivity index (χ4v) is 2.54. The zero-order chi connectivity index (χ0) is 19.1. The van der Waals surface area contributed by atoms with Gasteiger partial charge in [-0.2, -0.15) is 5.10 Å². The molecule has 138 valence electrons. The quantitative estimate of drug-likeness (QED) is 0.524. The molecule has 3 rings (SSSR count). The Hall–Kier alpha value is -3.55. The van der Waals surface area contributed by atoms with Crippen molar-refractivity contribution in [2.45, 2.75) is 25.8 Å². The predicted octanol–water partition coefficient (Wildman–Crippen LogP) is 0.956. The molecule has 0 spiro atoms. The first-order valence-corrected chi connectivity index (χ1v) is 8.52. The van der Waals surface area contributed by atoms with Gasteiger partial charge in [0, 0.05) is 24.4 Å². The lowest BCUT2D eigenvalue weighted by atomic mass is 10.1. The first-order chi connectivity index (χ1) is 13.1. The third kappa shape index (κ3) is 5.21. The van der Waals surface area contributed by atoms with E-state index in [9.17, 15) is 9.59 Å². The van der Waals surface area contributed by atoms with Crippen LogP contribution in [0.1, 0.15) is 24.5 Å². The number of rotatable bonds is 6. The molecule has 27 heavy (non-hydrogen) atoms. The molecule has 0 bridgehead atoms. The number of hydrazone groups is 1. The van der Waals surface area contributed by atoms with E-state index in [0.29, 0.717) is 18.0 Å². The standard InChI is InChI=1S/C19H20N6O2/c1-13(15-7-9-20-10-8-15)22-24-18(26)12-16-19(27)25-23-17(21-16)11-14-5-3-2-4-6-14/h2-10,16H,11-12H2,1H3,(H,21,23)(H,24,26)(H,25,27)/b22-13-/t16-/m0/s1. The minimum absolute atomic E-state index is 0.0844. The molecule has 8 heteroatoms. The summed E-state index contributed by atoms with van der Waals surface area (Å²) in [5.41, 5.74) is 10.4. The number of hydrogen-bond acceptors (Lipinski definition) is 6. The molecule has 0 saturated heterocycles. The number of aromatic nitrogens is 1. The van der Waals surface area contributed by atoms with E-state index in [2.05, 4.69) is 31.4 Å². The predicted molar refractivity (Wildman–Crippen MR) is 102 cm³/mol. The lowest BCUT2D eigenvalue weighted by Crippen LogP contribution is -2.52. The first-order valence-electron chi connectivity index (χ1n) is 8.52. The van der Waals surface area contributed by atoms with Crippen molar-refractivity contribution in [1.82, 2.24) is 21.3 Å². The van der Waals surface area contributed by atoms with Gasteiger partial charge >= 0.3 is 0 Å². The summed E-state index contributed by atoms with van der Waals surface area (Å²) in [6.07, 6.45) is 3.76. The third-order valence-corrected chi connectivity index (χ3v) is 3.98. The van der Waals surface area contributed by atoms with Crippen molar-refractivity contribution < 1.29 is 9.59 Å². The summed E-state index contributed by atoms with van der Waals surface area (Å²) in [6, 6.07) is 12.6.